The highest BCUT2D eigenvalue weighted by Crippen LogP contribution is 2.48. The lowest BCUT2D eigenvalue weighted by Gasteiger charge is -2.15. The minimum Gasteiger partial charge on any atom is -0.449 e. The normalized spacial score (nSPS) is 13.3. The Hall–Kier alpha value is -8.00. The third-order valence-electron chi connectivity index (χ3n) is 14.0. The zero-order valence-electron chi connectivity index (χ0n) is 53.0. The van der Waals surface area contributed by atoms with Crippen molar-refractivity contribution in [1.82, 2.24) is 10.6 Å². The van der Waals surface area contributed by atoms with Crippen molar-refractivity contribution < 1.29 is 79.1 Å². The molecule has 2 unspecified atom stereocenters. The molecular formula is C64H88N8O16. The highest BCUT2D eigenvalue weighted by atomic mass is 16.6. The summed E-state index contributed by atoms with van der Waals surface area (Å²) in [6.45, 7) is 8.98. The molecule has 4 aromatic carbocycles. The minimum atomic E-state index is -0.907. The van der Waals surface area contributed by atoms with E-state index in [0.29, 0.717) is 108 Å². The fourth-order valence-corrected chi connectivity index (χ4v) is 9.71. The molecule has 0 aliphatic heterocycles. The predicted molar refractivity (Wildman–Crippen MR) is 333 cm³/mol. The van der Waals surface area contributed by atoms with E-state index in [-0.39, 0.29) is 93.5 Å². The van der Waals surface area contributed by atoms with E-state index < -0.39 is 18.1 Å². The smallest absolute Gasteiger partial charge is 0.404 e. The van der Waals surface area contributed by atoms with E-state index in [1.165, 1.54) is 0 Å². The van der Waals surface area contributed by atoms with Gasteiger partial charge < -0.3 is 81.2 Å². The van der Waals surface area contributed by atoms with Gasteiger partial charge in [0.2, 0.25) is 35.4 Å². The van der Waals surface area contributed by atoms with Crippen molar-refractivity contribution in [3.05, 3.63) is 95.1 Å². The molecule has 0 aromatic heterocycles. The summed E-state index contributed by atoms with van der Waals surface area (Å²) in [6, 6.07) is 22.0. The largest absolute Gasteiger partial charge is 0.449 e. The van der Waals surface area contributed by atoms with Crippen molar-refractivity contribution >= 4 is 70.4 Å². The molecule has 0 saturated heterocycles. The predicted octanol–water partition coefficient (Wildman–Crippen LogP) is 7.86. The van der Waals surface area contributed by atoms with E-state index in [1.54, 1.807) is 43.9 Å². The van der Waals surface area contributed by atoms with Crippen molar-refractivity contribution in [2.45, 2.75) is 103 Å². The van der Waals surface area contributed by atoms with E-state index in [2.05, 4.69) is 45.7 Å². The number of carbonyl (C=O) groups excluding carboxylic acids is 8. The molecule has 8 amide bonds. The number of anilines is 4. The lowest BCUT2D eigenvalue weighted by atomic mass is 9.97. The molecule has 2 aliphatic rings. The van der Waals surface area contributed by atoms with E-state index in [9.17, 15) is 38.4 Å². The van der Waals surface area contributed by atoms with Gasteiger partial charge in [-0.25, -0.2) is 9.59 Å². The van der Waals surface area contributed by atoms with Crippen molar-refractivity contribution in [3.63, 3.8) is 0 Å². The maximum Gasteiger partial charge on any atom is 0.404 e. The monoisotopic (exact) mass is 1230 g/mol. The minimum absolute atomic E-state index is 0.0255. The van der Waals surface area contributed by atoms with Gasteiger partial charge >= 0.3 is 12.2 Å². The molecule has 6 rings (SSSR count). The maximum absolute atomic E-state index is 12.7. The lowest BCUT2D eigenvalue weighted by Crippen LogP contribution is -2.27. The summed E-state index contributed by atoms with van der Waals surface area (Å²) in [5, 5.41) is 17.0. The average Bonchev–Trinajstić information content (AvgIpc) is 1.64. The zero-order valence-corrected chi connectivity index (χ0v) is 51.0. The number of hydrogen-bond donors (Lipinski definition) is 8. The van der Waals surface area contributed by atoms with E-state index >= 15 is 0 Å². The van der Waals surface area contributed by atoms with Gasteiger partial charge in [0.1, 0.15) is 26.4 Å². The quantitative estimate of drug-likeness (QED) is 0.0196. The van der Waals surface area contributed by atoms with Crippen molar-refractivity contribution in [1.29, 1.82) is 0 Å². The van der Waals surface area contributed by atoms with Crippen molar-refractivity contribution in [2.75, 3.05) is 128 Å². The van der Waals surface area contributed by atoms with Crippen LogP contribution in [0.5, 0.6) is 0 Å². The first-order valence-corrected chi connectivity index (χ1v) is 30.0. The number of rotatable bonds is 40. The molecule has 88 heavy (non-hydrogen) atoms. The number of ether oxygens (including phenoxy) is 8. The third-order valence-corrected chi connectivity index (χ3v) is 14.0. The van der Waals surface area contributed by atoms with Gasteiger partial charge in [0.05, 0.1) is 13.2 Å². The van der Waals surface area contributed by atoms with Gasteiger partial charge in [0.15, 0.2) is 2.82 Å². The Kier molecular flexibility index (Phi) is 30.5. The molecule has 0 heterocycles. The third kappa shape index (κ3) is 25.0. The van der Waals surface area contributed by atoms with Gasteiger partial charge in [-0.05, 0) is 132 Å². The Morgan fingerprint density at radius 2 is 0.739 bits per heavy atom. The first kappa shape index (κ1) is 67.5. The van der Waals surface area contributed by atoms with Gasteiger partial charge in [-0.1, -0.05) is 51.0 Å². The summed E-state index contributed by atoms with van der Waals surface area (Å²) in [4.78, 5) is 97.9. The number of fused-ring (bicyclic) bond motifs is 6. The van der Waals surface area contributed by atoms with E-state index in [1.807, 2.05) is 54.6 Å². The second-order valence-electron chi connectivity index (χ2n) is 20.8. The van der Waals surface area contributed by atoms with Crippen LogP contribution in [0, 0.1) is 0 Å². The van der Waals surface area contributed by atoms with E-state index in [4.69, 9.17) is 40.7 Å². The summed E-state index contributed by atoms with van der Waals surface area (Å²) in [5.74, 6) is -2.11. The van der Waals surface area contributed by atoms with Crippen LogP contribution in [0.25, 0.3) is 22.3 Å². The van der Waals surface area contributed by atoms with Crippen LogP contribution in [0.1, 0.15) is 125 Å². The van der Waals surface area contributed by atoms with Gasteiger partial charge in [-0.3, -0.25) is 28.8 Å². The molecule has 4 aromatic rings. The summed E-state index contributed by atoms with van der Waals surface area (Å²) >= 11 is 0. The second-order valence-corrected chi connectivity index (χ2v) is 20.8. The van der Waals surface area contributed by atoms with Crippen LogP contribution >= 0.6 is 0 Å². The second kappa shape index (κ2) is 39.7. The maximum atomic E-state index is 12.7. The SMILES string of the molecule is [2H]NC(=O)OCC1c2cc(NC(=O)CCCC(=O)NCCOCCCC)ccc2-c2ccc(NC(=O)CCCC(=O)NCCOCCCOC)cc21.[2H]NC(=O)OCC1c2cc(NC(=O)COCCCC)ccc2-c2ccc(NC(=O)COCCCOC)cc21. The fourth-order valence-electron chi connectivity index (χ4n) is 9.71. The van der Waals surface area contributed by atoms with E-state index in [0.717, 1.165) is 76.6 Å². The van der Waals surface area contributed by atoms with Crippen LogP contribution < -0.4 is 43.4 Å². The van der Waals surface area contributed by atoms with Crippen molar-refractivity contribution in [2.24, 2.45) is 11.5 Å². The topological polar surface area (TPSA) is 335 Å². The molecule has 24 heteroatoms. The number of nitrogens with one attached hydrogen (secondary N) is 6. The number of benzene rings is 4. The number of primary amides is 2. The van der Waals surface area contributed by atoms with Crippen LogP contribution in [0.4, 0.5) is 32.3 Å². The molecular weight excluding hydrogens is 1140 g/mol. The molecule has 2 aliphatic carbocycles. The van der Waals surface area contributed by atoms with Crippen LogP contribution in [0.2, 0.25) is 2.82 Å². The summed E-state index contributed by atoms with van der Waals surface area (Å²) in [7, 11) is 3.24. The van der Waals surface area contributed by atoms with Gasteiger partial charge in [0.25, 0.3) is 0 Å². The number of unbranched alkanes of at least 4 members (excludes halogenated alkanes) is 2. The standard InChI is InChI=1S/C37H53N5O9.C27H35N3O7/c1-3-4-19-49-21-16-39-33(43)8-5-10-35(45)41-26-12-14-28-29-15-13-27(24-31(29)32(30(28)23-26)25-51-37(38)47)42-36(46)11-6-9-34(44)40-17-22-50-20-7-18-48-2;1-3-4-11-35-16-25(31)29-18-6-8-20-21-9-7-19(30-26(32)17-36-12-5-10-34-2)14-23(21)24(22(20)13-18)15-37-27(28)33/h12-15,23-24,32H,3-11,16-22,25H2,1-2H3,(H2,38,47)(H,39,43)(H,40,44)(H,41,45)(H,42,46);6-9,13-14,24H,3-5,10-12,15-17H2,1-2H3,(H2,28,33)(H,29,31)(H,30,32)/i/hD2. The molecule has 2 atom stereocenters. The Morgan fingerprint density at radius 1 is 0.409 bits per heavy atom. The molecule has 0 fully saturated rings. The molecule has 24 nitrogen and oxygen atoms in total. The molecule has 0 saturated carbocycles. The summed E-state index contributed by atoms with van der Waals surface area (Å²) < 4.78 is 56.2. The molecule has 0 spiro atoms. The van der Waals surface area contributed by atoms with Crippen LogP contribution in [-0.4, -0.2) is 154 Å². The average molecular weight is 1230 g/mol. The lowest BCUT2D eigenvalue weighted by molar-refractivity contribution is -0.122. The van der Waals surface area contributed by atoms with Gasteiger partial charge in [-0.15, -0.1) is 0 Å². The van der Waals surface area contributed by atoms with Crippen LogP contribution in [0.3, 0.4) is 0 Å². The van der Waals surface area contributed by atoms with Gasteiger partial charge in [0, 0.05) is 127 Å². The Labute approximate surface area is 517 Å². The number of methoxy groups -OCH3 is 2. The number of amides is 8. The molecule has 10 N–H and O–H groups in total. The zero-order chi connectivity index (χ0) is 64.9. The number of nitrogens with two attached hydrogens (primary N) is 2. The summed E-state index contributed by atoms with van der Waals surface area (Å²) in [6.07, 6.45) is 5.12. The number of carbonyl (C=O) groups is 8. The molecule has 480 valence electrons. The first-order valence-electron chi connectivity index (χ1n) is 31.0. The fraction of sp³-hybridized carbons (Fsp3) is 0.500. The number of hydrogen-bond acceptors (Lipinski definition) is 16. The first-order chi connectivity index (χ1) is 43.7. The summed E-state index contributed by atoms with van der Waals surface area (Å²) in [5.41, 5.74) is 12.6. The van der Waals surface area contributed by atoms with Crippen LogP contribution in [0.15, 0.2) is 72.8 Å². The highest BCUT2D eigenvalue weighted by molar-refractivity contribution is 5.96. The molecule has 0 bridgehead atoms. The Balaban J connectivity index is 0.000000343. The van der Waals surface area contributed by atoms with Crippen LogP contribution in [-0.2, 0) is 66.7 Å². The van der Waals surface area contributed by atoms with Gasteiger partial charge in [-0.2, -0.15) is 0 Å². The molecule has 0 radical (unpaired) electrons. The van der Waals surface area contributed by atoms with Crippen molar-refractivity contribution in [3.8, 4) is 22.3 Å². The Bertz CT molecular complexity index is 2970. The highest BCUT2D eigenvalue weighted by Gasteiger charge is 2.32. The Morgan fingerprint density at radius 3 is 1.09 bits per heavy atom.